The normalized spacial score (nSPS) is 13.1. The van der Waals surface area contributed by atoms with Crippen LogP contribution in [0, 0.1) is 0 Å². The Hall–Kier alpha value is -1.55. The topological polar surface area (TPSA) is 41.6 Å². The van der Waals surface area contributed by atoms with Gasteiger partial charge in [-0.1, -0.05) is 30.3 Å². The van der Waals surface area contributed by atoms with Crippen molar-refractivity contribution in [3.63, 3.8) is 0 Å². The van der Waals surface area contributed by atoms with Gasteiger partial charge in [0.05, 0.1) is 0 Å². The summed E-state index contributed by atoms with van der Waals surface area (Å²) in [6.45, 7) is 6.37. The van der Waals surface area contributed by atoms with Gasteiger partial charge in [-0.2, -0.15) is 0 Å². The molecule has 0 aliphatic rings. The third kappa shape index (κ3) is 7.14. The summed E-state index contributed by atoms with van der Waals surface area (Å²) in [5, 5.41) is 2.95. The van der Waals surface area contributed by atoms with Gasteiger partial charge in [0.15, 0.2) is 0 Å². The third-order valence-electron chi connectivity index (χ3n) is 2.63. The Morgan fingerprint density at radius 2 is 1.85 bits per heavy atom. The van der Waals surface area contributed by atoms with E-state index >= 15 is 0 Å². The summed E-state index contributed by atoms with van der Waals surface area (Å²) in [5.74, 6) is 0. The number of nitrogens with zero attached hydrogens (tertiary/aromatic N) is 1. The van der Waals surface area contributed by atoms with Crippen LogP contribution in [0.3, 0.4) is 0 Å². The highest BCUT2D eigenvalue weighted by atomic mass is 16.6. The lowest BCUT2D eigenvalue weighted by Crippen LogP contribution is -2.45. The van der Waals surface area contributed by atoms with E-state index in [4.69, 9.17) is 4.74 Å². The minimum absolute atomic E-state index is 0.0299. The number of nitrogens with one attached hydrogen (secondary N) is 1. The fourth-order valence-electron chi connectivity index (χ4n) is 1.97. The molecule has 1 amide bonds. The highest BCUT2D eigenvalue weighted by molar-refractivity contribution is 5.68. The molecule has 20 heavy (non-hydrogen) atoms. The summed E-state index contributed by atoms with van der Waals surface area (Å²) in [4.78, 5) is 13.9. The van der Waals surface area contributed by atoms with Gasteiger partial charge >= 0.3 is 6.09 Å². The molecule has 0 aliphatic heterocycles. The lowest BCUT2D eigenvalue weighted by Gasteiger charge is -2.25. The Labute approximate surface area is 122 Å². The van der Waals surface area contributed by atoms with Crippen molar-refractivity contribution in [3.05, 3.63) is 35.9 Å². The first-order chi connectivity index (χ1) is 9.26. The van der Waals surface area contributed by atoms with Crippen LogP contribution in [0.25, 0.3) is 0 Å². The Bertz CT molecular complexity index is 410. The second kappa shape index (κ2) is 7.29. The van der Waals surface area contributed by atoms with E-state index in [1.807, 2.05) is 53.1 Å². The maximum atomic E-state index is 11.9. The summed E-state index contributed by atoms with van der Waals surface area (Å²) in [5.41, 5.74) is 0.731. The molecule has 0 bridgehead atoms. The molecule has 0 heterocycles. The lowest BCUT2D eigenvalue weighted by molar-refractivity contribution is 0.0497. The van der Waals surface area contributed by atoms with Crippen LogP contribution in [0.1, 0.15) is 26.3 Å². The molecular weight excluding hydrogens is 252 g/mol. The Morgan fingerprint density at radius 3 is 2.35 bits per heavy atom. The molecule has 112 valence electrons. The molecule has 0 spiro atoms. The quantitative estimate of drug-likeness (QED) is 0.900. The molecule has 0 saturated heterocycles. The number of hydrogen-bond donors (Lipinski definition) is 1. The fourth-order valence-corrected chi connectivity index (χ4v) is 1.97. The van der Waals surface area contributed by atoms with Crippen LogP contribution in [0.15, 0.2) is 30.3 Å². The zero-order valence-corrected chi connectivity index (χ0v) is 13.1. The molecule has 1 aromatic carbocycles. The zero-order chi connectivity index (χ0) is 15.2. The number of amides is 1. The average Bonchev–Trinajstić information content (AvgIpc) is 2.26. The molecular formula is C16H26N2O2. The lowest BCUT2D eigenvalue weighted by atomic mass is 10.1. The van der Waals surface area contributed by atoms with Crippen LogP contribution in [0.5, 0.6) is 0 Å². The number of hydrogen-bond acceptors (Lipinski definition) is 3. The predicted molar refractivity (Wildman–Crippen MR) is 81.9 cm³/mol. The van der Waals surface area contributed by atoms with Gasteiger partial charge in [-0.05, 0) is 46.9 Å². The van der Waals surface area contributed by atoms with Gasteiger partial charge in [-0.25, -0.2) is 4.79 Å². The molecule has 1 N–H and O–H groups in total. The van der Waals surface area contributed by atoms with Crippen LogP contribution in [0.2, 0.25) is 0 Å². The van der Waals surface area contributed by atoms with Crippen molar-refractivity contribution in [3.8, 4) is 0 Å². The van der Waals surface area contributed by atoms with Crippen molar-refractivity contribution < 1.29 is 9.53 Å². The van der Waals surface area contributed by atoms with Crippen molar-refractivity contribution >= 4 is 6.09 Å². The molecule has 1 atom stereocenters. The number of likely N-dealkylation sites (N-methyl/N-ethyl adjacent to an activating group) is 1. The van der Waals surface area contributed by atoms with E-state index < -0.39 is 5.60 Å². The monoisotopic (exact) mass is 278 g/mol. The highest BCUT2D eigenvalue weighted by Gasteiger charge is 2.20. The first-order valence-corrected chi connectivity index (χ1v) is 6.94. The Kier molecular flexibility index (Phi) is 6.02. The third-order valence-corrected chi connectivity index (χ3v) is 2.63. The first kappa shape index (κ1) is 16.5. The summed E-state index contributed by atoms with van der Waals surface area (Å²) in [6.07, 6.45) is 0.429. The molecule has 0 fully saturated rings. The van der Waals surface area contributed by atoms with E-state index in [1.54, 1.807) is 0 Å². The number of carbonyl (C=O) groups excluding carboxylic acids is 1. The van der Waals surface area contributed by atoms with E-state index in [2.05, 4.69) is 22.3 Å². The molecule has 1 aromatic rings. The van der Waals surface area contributed by atoms with E-state index in [1.165, 1.54) is 5.56 Å². The highest BCUT2D eigenvalue weighted by Crippen LogP contribution is 2.08. The SMILES string of the molecule is CN(C)C[C@H](Cc1ccccc1)NC(=O)OC(C)(C)C. The smallest absolute Gasteiger partial charge is 0.407 e. The van der Waals surface area contributed by atoms with Crippen molar-refractivity contribution in [1.29, 1.82) is 0 Å². The number of rotatable bonds is 5. The van der Waals surface area contributed by atoms with E-state index in [-0.39, 0.29) is 12.1 Å². The Morgan fingerprint density at radius 1 is 1.25 bits per heavy atom. The molecule has 0 radical (unpaired) electrons. The summed E-state index contributed by atoms with van der Waals surface area (Å²) < 4.78 is 5.32. The summed E-state index contributed by atoms with van der Waals surface area (Å²) >= 11 is 0. The molecule has 4 heteroatoms. The van der Waals surface area contributed by atoms with Crippen LogP contribution in [0.4, 0.5) is 4.79 Å². The Balaban J connectivity index is 2.63. The van der Waals surface area contributed by atoms with Gasteiger partial charge in [-0.15, -0.1) is 0 Å². The van der Waals surface area contributed by atoms with Crippen LogP contribution in [-0.4, -0.2) is 43.3 Å². The maximum Gasteiger partial charge on any atom is 0.407 e. The summed E-state index contributed by atoms with van der Waals surface area (Å²) in [6, 6.07) is 10.2. The van der Waals surface area contributed by atoms with E-state index in [9.17, 15) is 4.79 Å². The van der Waals surface area contributed by atoms with Gasteiger partial charge in [0, 0.05) is 12.6 Å². The largest absolute Gasteiger partial charge is 0.444 e. The maximum absolute atomic E-state index is 11.9. The van der Waals surface area contributed by atoms with Crippen molar-refractivity contribution in [2.45, 2.75) is 38.8 Å². The number of benzene rings is 1. The van der Waals surface area contributed by atoms with Crippen molar-refractivity contribution in [2.24, 2.45) is 0 Å². The minimum atomic E-state index is -0.473. The van der Waals surface area contributed by atoms with Crippen molar-refractivity contribution in [1.82, 2.24) is 10.2 Å². The summed E-state index contributed by atoms with van der Waals surface area (Å²) in [7, 11) is 3.99. The van der Waals surface area contributed by atoms with E-state index in [0.29, 0.717) is 0 Å². The molecule has 0 unspecified atom stereocenters. The zero-order valence-electron chi connectivity index (χ0n) is 13.1. The number of ether oxygens (including phenoxy) is 1. The van der Waals surface area contributed by atoms with Crippen LogP contribution >= 0.6 is 0 Å². The molecule has 0 aromatic heterocycles. The molecule has 0 aliphatic carbocycles. The van der Waals surface area contributed by atoms with Gasteiger partial charge in [0.2, 0.25) is 0 Å². The predicted octanol–water partition coefficient (Wildman–Crippen LogP) is 2.68. The van der Waals surface area contributed by atoms with Gasteiger partial charge in [0.1, 0.15) is 5.60 Å². The van der Waals surface area contributed by atoms with Gasteiger partial charge in [0.25, 0.3) is 0 Å². The minimum Gasteiger partial charge on any atom is -0.444 e. The average molecular weight is 278 g/mol. The molecule has 4 nitrogen and oxygen atoms in total. The first-order valence-electron chi connectivity index (χ1n) is 6.94. The standard InChI is InChI=1S/C16H26N2O2/c1-16(2,3)20-15(19)17-14(12-18(4)5)11-13-9-7-6-8-10-13/h6-10,14H,11-12H2,1-5H3,(H,17,19)/t14-/m0/s1. The molecule has 1 rings (SSSR count). The second-order valence-corrected chi connectivity index (χ2v) is 6.30. The van der Waals surface area contributed by atoms with Gasteiger partial charge in [-0.3, -0.25) is 0 Å². The number of alkyl carbamates (subject to hydrolysis) is 1. The van der Waals surface area contributed by atoms with Crippen molar-refractivity contribution in [2.75, 3.05) is 20.6 Å². The fraction of sp³-hybridized carbons (Fsp3) is 0.562. The van der Waals surface area contributed by atoms with Crippen LogP contribution in [-0.2, 0) is 11.2 Å². The second-order valence-electron chi connectivity index (χ2n) is 6.30. The molecule has 0 saturated carbocycles. The number of carbonyl (C=O) groups is 1. The van der Waals surface area contributed by atoms with Gasteiger partial charge < -0.3 is 15.0 Å². The van der Waals surface area contributed by atoms with E-state index in [0.717, 1.165) is 13.0 Å². The van der Waals surface area contributed by atoms with Crippen LogP contribution < -0.4 is 5.32 Å².